The molecule has 3 aliphatic heterocycles. The van der Waals surface area contributed by atoms with Crippen LogP contribution in [0.5, 0.6) is 0 Å². The van der Waals surface area contributed by atoms with E-state index in [0.29, 0.717) is 25.0 Å². The van der Waals surface area contributed by atoms with E-state index in [1.807, 2.05) is 19.9 Å². The van der Waals surface area contributed by atoms with Gasteiger partial charge >= 0.3 is 5.97 Å². The fraction of sp³-hybridized carbons (Fsp3) is 0.786. The highest BCUT2D eigenvalue weighted by molar-refractivity contribution is 6.05. The van der Waals surface area contributed by atoms with E-state index in [0.717, 1.165) is 12.0 Å². The Morgan fingerprint density at radius 1 is 0.967 bits per heavy atom. The Kier molecular flexibility index (Phi) is 19.7. The zero-order valence-electron chi connectivity index (χ0n) is 37.3. The summed E-state index contributed by atoms with van der Waals surface area (Å²) in [4.78, 5) is 41.4. The van der Waals surface area contributed by atoms with Crippen LogP contribution in [-0.2, 0) is 54.0 Å². The van der Waals surface area contributed by atoms with Gasteiger partial charge in [-0.2, -0.15) is 0 Å². The number of aldehydes is 1. The van der Waals surface area contributed by atoms with E-state index >= 15 is 0 Å². The maximum atomic E-state index is 13.7. The monoisotopic (exact) mass is 864 g/mol. The minimum atomic E-state index is -1.38. The van der Waals surface area contributed by atoms with Crippen molar-refractivity contribution >= 4 is 26.0 Å². The summed E-state index contributed by atoms with van der Waals surface area (Å²) < 4.78 is 43.6. The highest BCUT2D eigenvalue weighted by Crippen LogP contribution is 2.35. The summed E-state index contributed by atoms with van der Waals surface area (Å²) in [7, 11) is 6.46. The molecule has 2 saturated heterocycles. The van der Waals surface area contributed by atoms with Gasteiger partial charge in [0.1, 0.15) is 36.8 Å². The average Bonchev–Trinajstić information content (AvgIpc) is 3.65. The molecule has 19 heteroatoms. The van der Waals surface area contributed by atoms with E-state index in [1.54, 1.807) is 64.5 Å². The normalized spacial score (nSPS) is 40.0. The van der Waals surface area contributed by atoms with Gasteiger partial charge in [-0.3, -0.25) is 14.5 Å². The van der Waals surface area contributed by atoms with Gasteiger partial charge in [0.15, 0.2) is 18.4 Å². The van der Waals surface area contributed by atoms with Crippen molar-refractivity contribution in [1.29, 1.82) is 0 Å². The maximum Gasteiger partial charge on any atom is 0.308 e. The summed E-state index contributed by atoms with van der Waals surface area (Å²) in [6.07, 6.45) is -3.59. The molecule has 3 aliphatic rings. The summed E-state index contributed by atoms with van der Waals surface area (Å²) in [5, 5.41) is 53.5. The van der Waals surface area contributed by atoms with Crippen molar-refractivity contribution in [2.75, 3.05) is 34.4 Å². The average molecular weight is 865 g/mol. The lowest BCUT2D eigenvalue weighted by Crippen LogP contribution is -2.64. The number of methoxy groups -OCH3 is 2. The smallest absolute Gasteiger partial charge is 0.308 e. The van der Waals surface area contributed by atoms with Crippen molar-refractivity contribution < 1.29 is 68.0 Å². The van der Waals surface area contributed by atoms with Crippen LogP contribution >= 0.6 is 0 Å². The van der Waals surface area contributed by atoms with E-state index in [1.165, 1.54) is 20.3 Å². The quantitative estimate of drug-likeness (QED) is 0.111. The molecule has 4 rings (SSSR count). The number of carbonyl (C=O) groups is 3. The number of rotatable bonds is 14. The minimum absolute atomic E-state index is 0.000701. The molecule has 1 aromatic heterocycles. The summed E-state index contributed by atoms with van der Waals surface area (Å²) in [6.45, 7) is 10.9. The Balaban J connectivity index is 1.61. The van der Waals surface area contributed by atoms with E-state index in [9.17, 15) is 34.8 Å². The van der Waals surface area contributed by atoms with Crippen molar-refractivity contribution in [2.45, 2.75) is 153 Å². The molecule has 0 radical (unpaired) electrons. The molecule has 344 valence electrons. The first kappa shape index (κ1) is 50.7. The number of ether oxygens (including phenoxy) is 7. The number of hydrogen-bond acceptors (Lipinski definition) is 17. The number of allylic oxidation sites excluding steroid dienone is 3. The lowest BCUT2D eigenvalue weighted by Gasteiger charge is -2.47. The summed E-state index contributed by atoms with van der Waals surface area (Å²) in [5.74, 6) is -3.51. The number of likely N-dealkylation sites (N-methyl/N-ethyl adjacent to an activating group) is 1. The number of ketones is 1. The second kappa shape index (κ2) is 23.7. The molecule has 2 fully saturated rings. The van der Waals surface area contributed by atoms with Gasteiger partial charge in [0.2, 0.25) is 0 Å². The highest BCUT2D eigenvalue weighted by Gasteiger charge is 2.48. The van der Waals surface area contributed by atoms with Gasteiger partial charge < -0.3 is 63.0 Å². The fourth-order valence-corrected chi connectivity index (χ4v) is 8.62. The molecule has 4 N–H and O–H groups in total. The molecule has 17 atom stereocenters. The van der Waals surface area contributed by atoms with Gasteiger partial charge in [0.05, 0.1) is 55.3 Å². The van der Waals surface area contributed by atoms with Crippen LogP contribution in [0.3, 0.4) is 0 Å². The van der Waals surface area contributed by atoms with E-state index < -0.39 is 116 Å². The van der Waals surface area contributed by atoms with Crippen molar-refractivity contribution in [1.82, 2.24) is 19.8 Å². The molecule has 11 unspecified atom stereocenters. The number of hydrogen-bond donors (Lipinski definition) is 4. The second-order valence-electron chi connectivity index (χ2n) is 17.0. The number of aromatic nitrogens is 3. The van der Waals surface area contributed by atoms with Gasteiger partial charge in [-0.25, -0.2) is 0 Å². The number of aliphatic hydroxyl groups is 4. The van der Waals surface area contributed by atoms with Crippen LogP contribution in [0.4, 0.5) is 0 Å². The Morgan fingerprint density at radius 2 is 1.64 bits per heavy atom. The van der Waals surface area contributed by atoms with E-state index in [-0.39, 0.29) is 25.2 Å². The van der Waals surface area contributed by atoms with Crippen LogP contribution in [0.25, 0.3) is 0 Å². The molecule has 0 amide bonds. The van der Waals surface area contributed by atoms with Crippen molar-refractivity contribution in [2.24, 2.45) is 23.7 Å². The molecule has 0 aliphatic carbocycles. The van der Waals surface area contributed by atoms with Gasteiger partial charge in [0, 0.05) is 57.6 Å². The molecular formula is C42H69BN4O14. The first-order chi connectivity index (χ1) is 28.9. The van der Waals surface area contributed by atoms with Crippen molar-refractivity contribution in [3.8, 4) is 0 Å². The molecule has 0 bridgehead atoms. The van der Waals surface area contributed by atoms with E-state index in [2.05, 4.69) is 10.3 Å². The third-order valence-electron chi connectivity index (χ3n) is 12.4. The molecule has 1 aromatic rings. The first-order valence-electron chi connectivity index (χ1n) is 21.4. The number of esters is 1. The van der Waals surface area contributed by atoms with Gasteiger partial charge in [-0.1, -0.05) is 43.7 Å². The largest absolute Gasteiger partial charge is 0.462 e. The predicted molar refractivity (Wildman–Crippen MR) is 223 cm³/mol. The molecule has 0 saturated carbocycles. The second-order valence-corrected chi connectivity index (χ2v) is 17.0. The Hall–Kier alpha value is -2.95. The molecule has 4 heterocycles. The Bertz CT molecular complexity index is 1620. The third kappa shape index (κ3) is 13.3. The molecule has 61 heavy (non-hydrogen) atoms. The topological polar surface area (TPSA) is 231 Å². The highest BCUT2D eigenvalue weighted by atomic mass is 16.7. The van der Waals surface area contributed by atoms with Gasteiger partial charge in [0.25, 0.3) is 7.98 Å². The molecule has 0 spiro atoms. The van der Waals surface area contributed by atoms with Crippen LogP contribution in [-0.4, -0.2) is 180 Å². The number of cyclic esters (lactones) is 1. The summed E-state index contributed by atoms with van der Waals surface area (Å²) in [6, 6.07) is -0.831. The van der Waals surface area contributed by atoms with Gasteiger partial charge in [-0.05, 0) is 52.7 Å². The zero-order valence-corrected chi connectivity index (χ0v) is 37.3. The molecular weight excluding hydrogens is 795 g/mol. The zero-order chi connectivity index (χ0) is 45.1. The summed E-state index contributed by atoms with van der Waals surface area (Å²) >= 11 is 0. The predicted octanol–water partition coefficient (Wildman–Crippen LogP) is 0.163. The SMILES string of the molecule is Bn1cc(CCN(C)C2C(O)C(C)O[C@@H](O[C@H]3[C@@H](CC=O)C[C@@H](C)C(=O)/C=C/C(C)=C/C(COC4OC(C)C(O)C(OC)C4OC)C(CC)OC(=O)C[C@@H](O)[C@@H]3C)C2O)nn1. The van der Waals surface area contributed by atoms with E-state index in [4.69, 9.17) is 33.2 Å². The fourth-order valence-electron chi connectivity index (χ4n) is 8.62. The first-order valence-corrected chi connectivity index (χ1v) is 21.4. The van der Waals surface area contributed by atoms with Crippen molar-refractivity contribution in [3.63, 3.8) is 0 Å². The number of aliphatic hydroxyl groups excluding tert-OH is 4. The number of carbonyl (C=O) groups excluding carboxylic acids is 3. The molecule has 18 nitrogen and oxygen atoms in total. The van der Waals surface area contributed by atoms with Crippen LogP contribution < -0.4 is 0 Å². The summed E-state index contributed by atoms with van der Waals surface area (Å²) in [5.41, 5.74) is 1.43. The third-order valence-corrected chi connectivity index (χ3v) is 12.4. The van der Waals surface area contributed by atoms with Crippen LogP contribution in [0, 0.1) is 23.7 Å². The lowest BCUT2D eigenvalue weighted by atomic mass is 9.79. The minimum Gasteiger partial charge on any atom is -0.462 e. The van der Waals surface area contributed by atoms with Crippen LogP contribution in [0.15, 0.2) is 30.0 Å². The van der Waals surface area contributed by atoms with Crippen LogP contribution in [0.1, 0.15) is 72.9 Å². The Labute approximate surface area is 360 Å². The lowest BCUT2D eigenvalue weighted by molar-refractivity contribution is -0.305. The van der Waals surface area contributed by atoms with Gasteiger partial charge in [-0.15, -0.1) is 5.10 Å². The maximum absolute atomic E-state index is 13.7. The van der Waals surface area contributed by atoms with Crippen molar-refractivity contribution in [3.05, 3.63) is 35.7 Å². The number of nitrogens with zero attached hydrogens (tertiary/aromatic N) is 4. The Morgan fingerprint density at radius 3 is 2.26 bits per heavy atom. The molecule has 0 aromatic carbocycles. The standard InChI is InChI=1S/C42H69BN4O14/c1-10-32-28(21-57-42-40(56-9)39(55-8)36(53)26(6)59-42)17-22(2)11-12-30(49)23(3)18-27(14-16-48)38(24(4)31(50)19-33(51)60-32)61-41-37(54)34(35(52)25(5)58-41)46(7)15-13-29-20-47(43)45-44-29/h11-12,16-17,20,23-28,31-32,34-42,50,52-54H,10,13-15,18-19,21,43H2,1-9H3/b12-11+,22-17+/t23-,24+,25?,26?,27+,28?,31-,32?,34?,35?,36?,37?,38-,39?,40?,41+,42?/m1/s1. The van der Waals surface area contributed by atoms with Crippen LogP contribution in [0.2, 0.25) is 0 Å².